The van der Waals surface area contributed by atoms with E-state index < -0.39 is 11.8 Å². The molecule has 1 fully saturated rings. The summed E-state index contributed by atoms with van der Waals surface area (Å²) < 4.78 is 11.2. The van der Waals surface area contributed by atoms with Gasteiger partial charge >= 0.3 is 5.97 Å². The second-order valence-electron chi connectivity index (χ2n) is 9.33. The van der Waals surface area contributed by atoms with Crippen LogP contribution in [-0.2, 0) is 19.1 Å². The minimum absolute atomic E-state index is 0.0497. The number of esters is 1. The fourth-order valence-corrected chi connectivity index (χ4v) is 5.05. The predicted octanol–water partition coefficient (Wildman–Crippen LogP) is 4.88. The van der Waals surface area contributed by atoms with Crippen molar-refractivity contribution in [1.82, 2.24) is 0 Å². The Labute approximate surface area is 182 Å². The molecule has 160 valence electrons. The second-order valence-corrected chi connectivity index (χ2v) is 9.77. The summed E-state index contributed by atoms with van der Waals surface area (Å²) >= 11 is 6.27. The number of benzene rings is 1. The van der Waals surface area contributed by atoms with Gasteiger partial charge in [0.25, 0.3) is 0 Å². The molecule has 3 aliphatic rings. The molecule has 2 aliphatic heterocycles. The first-order chi connectivity index (χ1) is 14.2. The van der Waals surface area contributed by atoms with Crippen molar-refractivity contribution in [3.8, 4) is 0 Å². The molecule has 0 aromatic heterocycles. The number of nitrogens with zero attached hydrogens (tertiary/aromatic N) is 1. The first kappa shape index (κ1) is 21.3. The normalized spacial score (nSPS) is 28.2. The van der Waals surface area contributed by atoms with Gasteiger partial charge in [-0.25, -0.2) is 0 Å². The van der Waals surface area contributed by atoms with Crippen molar-refractivity contribution in [3.05, 3.63) is 46.1 Å². The zero-order valence-corrected chi connectivity index (χ0v) is 18.5. The van der Waals surface area contributed by atoms with E-state index in [1.165, 1.54) is 0 Å². The number of aliphatic imine (C=N–C) groups is 1. The number of rotatable bonds is 4. The molecule has 0 bridgehead atoms. The zero-order chi connectivity index (χ0) is 21.5. The molecule has 0 saturated carbocycles. The molecule has 0 amide bonds. The number of ketones is 1. The number of halogens is 1. The summed E-state index contributed by atoms with van der Waals surface area (Å²) in [6.07, 6.45) is 2.98. The molecule has 0 N–H and O–H groups in total. The zero-order valence-electron chi connectivity index (χ0n) is 17.7. The van der Waals surface area contributed by atoms with E-state index in [2.05, 4.69) is 13.8 Å². The van der Waals surface area contributed by atoms with Gasteiger partial charge in [0, 0.05) is 41.0 Å². The van der Waals surface area contributed by atoms with Crippen LogP contribution < -0.4 is 0 Å². The molecule has 1 aromatic carbocycles. The molecule has 5 nitrogen and oxygen atoms in total. The lowest BCUT2D eigenvalue weighted by atomic mass is 9.67. The van der Waals surface area contributed by atoms with Crippen LogP contribution in [0.2, 0.25) is 5.02 Å². The molecule has 1 aromatic rings. The number of carbonyl (C=O) groups excluding carboxylic acids is 2. The maximum absolute atomic E-state index is 13.2. The summed E-state index contributed by atoms with van der Waals surface area (Å²) in [5, 5.41) is 0.574. The topological polar surface area (TPSA) is 65.0 Å². The van der Waals surface area contributed by atoms with Crippen molar-refractivity contribution in [2.24, 2.45) is 16.3 Å². The Bertz CT molecular complexity index is 927. The maximum atomic E-state index is 13.2. The second kappa shape index (κ2) is 8.27. The largest absolute Gasteiger partial charge is 0.462 e. The quantitative estimate of drug-likeness (QED) is 0.640. The van der Waals surface area contributed by atoms with E-state index in [9.17, 15) is 9.59 Å². The third-order valence-electron chi connectivity index (χ3n) is 6.20. The molecule has 6 heteroatoms. The molecular weight excluding hydrogens is 402 g/mol. The minimum atomic E-state index is -0.645. The lowest BCUT2D eigenvalue weighted by Gasteiger charge is -2.39. The monoisotopic (exact) mass is 429 g/mol. The first-order valence-electron chi connectivity index (χ1n) is 10.6. The smallest absolute Gasteiger partial charge is 0.315 e. The predicted molar refractivity (Wildman–Crippen MR) is 116 cm³/mol. The van der Waals surface area contributed by atoms with E-state index in [0.29, 0.717) is 35.8 Å². The molecule has 0 spiro atoms. The molecule has 0 radical (unpaired) electrons. The molecular formula is C24H28ClNO4. The van der Waals surface area contributed by atoms with Crippen LogP contribution in [-0.4, -0.2) is 36.8 Å². The van der Waals surface area contributed by atoms with E-state index in [1.807, 2.05) is 25.1 Å². The highest BCUT2D eigenvalue weighted by Crippen LogP contribution is 2.48. The third kappa shape index (κ3) is 4.23. The summed E-state index contributed by atoms with van der Waals surface area (Å²) in [6, 6.07) is 7.40. The van der Waals surface area contributed by atoms with Crippen molar-refractivity contribution in [1.29, 1.82) is 0 Å². The number of ether oxygens (including phenoxy) is 2. The lowest BCUT2D eigenvalue weighted by Crippen LogP contribution is -2.40. The summed E-state index contributed by atoms with van der Waals surface area (Å²) in [6.45, 7) is 6.95. The Morgan fingerprint density at radius 3 is 2.83 bits per heavy atom. The minimum Gasteiger partial charge on any atom is -0.462 e. The number of hydrogen-bond acceptors (Lipinski definition) is 5. The van der Waals surface area contributed by atoms with Crippen molar-refractivity contribution in [2.45, 2.75) is 58.5 Å². The Hall–Kier alpha value is -1.98. The van der Waals surface area contributed by atoms with Crippen LogP contribution in [0, 0.1) is 11.3 Å². The number of Topliss-reactive ketones (excluding diaryl/α,β-unsaturated/α-hetero) is 1. The van der Waals surface area contributed by atoms with Crippen LogP contribution in [0.1, 0.15) is 57.9 Å². The number of allylic oxidation sites excluding steroid dienone is 2. The van der Waals surface area contributed by atoms with Gasteiger partial charge in [-0.3, -0.25) is 14.6 Å². The Morgan fingerprint density at radius 1 is 1.33 bits per heavy atom. The van der Waals surface area contributed by atoms with Crippen LogP contribution in [0.25, 0.3) is 0 Å². The van der Waals surface area contributed by atoms with Crippen molar-refractivity contribution in [3.63, 3.8) is 0 Å². The van der Waals surface area contributed by atoms with Gasteiger partial charge < -0.3 is 9.47 Å². The number of carbonyl (C=O) groups is 2. The van der Waals surface area contributed by atoms with E-state index >= 15 is 0 Å². The Balaban J connectivity index is 1.71. The Kier molecular flexibility index (Phi) is 5.86. The summed E-state index contributed by atoms with van der Waals surface area (Å²) in [7, 11) is 0. The van der Waals surface area contributed by atoms with Gasteiger partial charge in [0.1, 0.15) is 12.5 Å². The van der Waals surface area contributed by atoms with Crippen LogP contribution >= 0.6 is 11.6 Å². The molecule has 3 atom stereocenters. The van der Waals surface area contributed by atoms with E-state index in [-0.39, 0.29) is 29.9 Å². The fraction of sp³-hybridized carbons (Fsp3) is 0.542. The lowest BCUT2D eigenvalue weighted by molar-refractivity contribution is -0.149. The summed E-state index contributed by atoms with van der Waals surface area (Å²) in [5.74, 6) is -1.38. The standard InChI is InChI=1S/C24H28ClNO4/c1-14-20(23(28)30-13-17-8-5-9-29-17)21(15-6-4-7-16(25)10-15)22-18(26-14)11-24(2,3)12-19(22)27/h4,6-7,10,17,20-21H,5,8-9,11-13H2,1-3H3/t17-,20?,21+/m0/s1. The van der Waals surface area contributed by atoms with Crippen LogP contribution in [0.5, 0.6) is 0 Å². The van der Waals surface area contributed by atoms with Crippen molar-refractivity contribution < 1.29 is 19.1 Å². The summed E-state index contributed by atoms with van der Waals surface area (Å²) in [5.41, 5.74) is 2.81. The summed E-state index contributed by atoms with van der Waals surface area (Å²) in [4.78, 5) is 31.2. The highest BCUT2D eigenvalue weighted by Gasteiger charge is 2.46. The maximum Gasteiger partial charge on any atom is 0.315 e. The van der Waals surface area contributed by atoms with Gasteiger partial charge in [0.05, 0.1) is 6.10 Å². The van der Waals surface area contributed by atoms with Crippen LogP contribution in [0.3, 0.4) is 0 Å². The molecule has 4 rings (SSSR count). The van der Waals surface area contributed by atoms with E-state index in [0.717, 1.165) is 24.1 Å². The van der Waals surface area contributed by atoms with Gasteiger partial charge in [-0.1, -0.05) is 37.6 Å². The van der Waals surface area contributed by atoms with E-state index in [4.69, 9.17) is 26.1 Å². The molecule has 1 aliphatic carbocycles. The molecule has 30 heavy (non-hydrogen) atoms. The average Bonchev–Trinajstić information content (AvgIpc) is 3.17. The first-order valence-corrected chi connectivity index (χ1v) is 11.0. The SMILES string of the molecule is CC1=NC2=C(C(=O)CC(C)(C)C2)[C@H](c2cccc(Cl)c2)C1C(=O)OC[C@@H]1CCCO1. The highest BCUT2D eigenvalue weighted by atomic mass is 35.5. The van der Waals surface area contributed by atoms with Crippen LogP contribution in [0.15, 0.2) is 40.5 Å². The molecule has 1 saturated heterocycles. The van der Waals surface area contributed by atoms with Gasteiger partial charge in [-0.05, 0) is 49.3 Å². The number of hydrogen-bond donors (Lipinski definition) is 0. The molecule has 2 heterocycles. The average molecular weight is 430 g/mol. The Morgan fingerprint density at radius 2 is 2.13 bits per heavy atom. The van der Waals surface area contributed by atoms with Gasteiger partial charge in [-0.2, -0.15) is 0 Å². The van der Waals surface area contributed by atoms with Gasteiger partial charge in [0.15, 0.2) is 5.78 Å². The fourth-order valence-electron chi connectivity index (χ4n) is 4.85. The molecule has 1 unspecified atom stereocenters. The van der Waals surface area contributed by atoms with Gasteiger partial charge in [0.2, 0.25) is 0 Å². The van der Waals surface area contributed by atoms with E-state index in [1.54, 1.807) is 6.07 Å². The van der Waals surface area contributed by atoms with Crippen molar-refractivity contribution in [2.75, 3.05) is 13.2 Å². The van der Waals surface area contributed by atoms with Crippen LogP contribution in [0.4, 0.5) is 0 Å². The third-order valence-corrected chi connectivity index (χ3v) is 6.43. The highest BCUT2D eigenvalue weighted by molar-refractivity contribution is 6.30. The van der Waals surface area contributed by atoms with Gasteiger partial charge in [-0.15, -0.1) is 0 Å². The van der Waals surface area contributed by atoms with Crippen molar-refractivity contribution >= 4 is 29.1 Å².